The molecule has 0 heterocycles. The number of hydrogen-bond acceptors (Lipinski definition) is 4. The van der Waals surface area contributed by atoms with Gasteiger partial charge in [0.05, 0.1) is 5.92 Å². The van der Waals surface area contributed by atoms with Crippen molar-refractivity contribution in [3.05, 3.63) is 71.8 Å². The second-order valence-electron chi connectivity index (χ2n) is 5.43. The fourth-order valence-electron chi connectivity index (χ4n) is 2.23. The number of benzene rings is 2. The van der Waals surface area contributed by atoms with E-state index in [4.69, 9.17) is 4.74 Å². The van der Waals surface area contributed by atoms with Crippen molar-refractivity contribution >= 4 is 24.5 Å². The monoisotopic (exact) mass is 343 g/mol. The van der Waals surface area contributed by atoms with Crippen molar-refractivity contribution in [2.45, 2.75) is 13.0 Å². The van der Waals surface area contributed by atoms with Gasteiger partial charge in [0.25, 0.3) is 0 Å². The van der Waals surface area contributed by atoms with Crippen LogP contribution in [0.3, 0.4) is 0 Å². The van der Waals surface area contributed by atoms with Gasteiger partial charge in [0.1, 0.15) is 13.2 Å². The Bertz CT molecular complexity index is 646. The number of nitrogens with one attached hydrogen (secondary N) is 1. The molecule has 2 aromatic rings. The summed E-state index contributed by atoms with van der Waals surface area (Å²) in [6, 6.07) is 19.2. The second kappa shape index (κ2) is 9.78. The van der Waals surface area contributed by atoms with Gasteiger partial charge in [-0.05, 0) is 17.5 Å². The number of ether oxygens (including phenoxy) is 1. The molecule has 0 aliphatic rings. The van der Waals surface area contributed by atoms with Crippen LogP contribution in [0.25, 0.3) is 0 Å². The standard InChI is InChI=1S/C19H21NO3S/c21-18(23-13-16-9-5-2-6-10-16)12-20-19(22)17(14-24)11-15-7-3-1-4-8-15/h1-10,17,24H,11-14H2,(H,20,22). The fourth-order valence-corrected chi connectivity index (χ4v) is 2.53. The van der Waals surface area contributed by atoms with Crippen LogP contribution in [-0.4, -0.2) is 24.2 Å². The van der Waals surface area contributed by atoms with Gasteiger partial charge in [-0.3, -0.25) is 9.59 Å². The smallest absolute Gasteiger partial charge is 0.325 e. The Labute approximate surface area is 147 Å². The molecule has 2 rings (SSSR count). The van der Waals surface area contributed by atoms with Crippen molar-refractivity contribution in [3.63, 3.8) is 0 Å². The van der Waals surface area contributed by atoms with E-state index in [2.05, 4.69) is 17.9 Å². The third-order valence-corrected chi connectivity index (χ3v) is 4.01. The van der Waals surface area contributed by atoms with Gasteiger partial charge < -0.3 is 10.1 Å². The number of amides is 1. The second-order valence-corrected chi connectivity index (χ2v) is 5.80. The van der Waals surface area contributed by atoms with E-state index < -0.39 is 5.97 Å². The Morgan fingerprint density at radius 2 is 1.54 bits per heavy atom. The van der Waals surface area contributed by atoms with Gasteiger partial charge >= 0.3 is 5.97 Å². The average molecular weight is 343 g/mol. The Hall–Kier alpha value is -2.27. The molecular weight excluding hydrogens is 322 g/mol. The minimum atomic E-state index is -0.454. The molecule has 0 saturated carbocycles. The van der Waals surface area contributed by atoms with Crippen molar-refractivity contribution in [1.82, 2.24) is 5.32 Å². The molecule has 0 radical (unpaired) electrons. The van der Waals surface area contributed by atoms with Crippen LogP contribution in [0.15, 0.2) is 60.7 Å². The molecule has 2 aromatic carbocycles. The highest BCUT2D eigenvalue weighted by atomic mass is 32.1. The largest absolute Gasteiger partial charge is 0.460 e. The van der Waals surface area contributed by atoms with Gasteiger partial charge in [0.2, 0.25) is 5.91 Å². The molecule has 0 bridgehead atoms. The summed E-state index contributed by atoms with van der Waals surface area (Å²) in [5.74, 6) is -0.507. The molecule has 0 aliphatic heterocycles. The van der Waals surface area contributed by atoms with Crippen LogP contribution >= 0.6 is 12.6 Å². The van der Waals surface area contributed by atoms with Crippen molar-refractivity contribution < 1.29 is 14.3 Å². The van der Waals surface area contributed by atoms with Crippen LogP contribution in [-0.2, 0) is 27.4 Å². The Kier molecular flexibility index (Phi) is 7.36. The number of rotatable bonds is 8. The summed E-state index contributed by atoms with van der Waals surface area (Å²) in [7, 11) is 0. The molecule has 0 aromatic heterocycles. The molecule has 1 N–H and O–H groups in total. The molecule has 0 fully saturated rings. The van der Waals surface area contributed by atoms with Crippen LogP contribution in [0.2, 0.25) is 0 Å². The summed E-state index contributed by atoms with van der Waals surface area (Å²) in [5, 5.41) is 2.63. The topological polar surface area (TPSA) is 55.4 Å². The quantitative estimate of drug-likeness (QED) is 0.572. The third kappa shape index (κ3) is 6.08. The highest BCUT2D eigenvalue weighted by molar-refractivity contribution is 7.80. The maximum atomic E-state index is 12.2. The molecule has 0 aliphatic carbocycles. The summed E-state index contributed by atoms with van der Waals surface area (Å²) in [6.07, 6.45) is 0.592. The van der Waals surface area contributed by atoms with Crippen LogP contribution in [0.4, 0.5) is 0 Å². The lowest BCUT2D eigenvalue weighted by molar-refractivity contribution is -0.145. The van der Waals surface area contributed by atoms with Crippen molar-refractivity contribution in [3.8, 4) is 0 Å². The van der Waals surface area contributed by atoms with Crippen molar-refractivity contribution in [2.24, 2.45) is 5.92 Å². The summed E-state index contributed by atoms with van der Waals surface area (Å²) in [6.45, 7) is 0.0697. The summed E-state index contributed by atoms with van der Waals surface area (Å²) in [4.78, 5) is 23.9. The summed E-state index contributed by atoms with van der Waals surface area (Å²) < 4.78 is 5.14. The lowest BCUT2D eigenvalue weighted by Gasteiger charge is -2.14. The maximum Gasteiger partial charge on any atom is 0.325 e. The van der Waals surface area contributed by atoms with Crippen molar-refractivity contribution in [1.29, 1.82) is 0 Å². The van der Waals surface area contributed by atoms with Gasteiger partial charge in [0, 0.05) is 5.75 Å². The first kappa shape index (κ1) is 18.1. The number of carbonyl (C=O) groups is 2. The lowest BCUT2D eigenvalue weighted by atomic mass is 10.0. The first-order valence-electron chi connectivity index (χ1n) is 7.81. The van der Waals surface area contributed by atoms with E-state index in [1.54, 1.807) is 0 Å². The average Bonchev–Trinajstić information content (AvgIpc) is 2.64. The Morgan fingerprint density at radius 1 is 0.958 bits per heavy atom. The van der Waals surface area contributed by atoms with E-state index in [0.29, 0.717) is 12.2 Å². The molecule has 0 saturated heterocycles. The minimum Gasteiger partial charge on any atom is -0.460 e. The minimum absolute atomic E-state index is 0.134. The van der Waals surface area contributed by atoms with Crippen LogP contribution in [0.5, 0.6) is 0 Å². The number of esters is 1. The lowest BCUT2D eigenvalue weighted by Crippen LogP contribution is -2.37. The first-order valence-corrected chi connectivity index (χ1v) is 8.44. The van der Waals surface area contributed by atoms with E-state index in [-0.39, 0.29) is 25.0 Å². The normalized spacial score (nSPS) is 11.5. The van der Waals surface area contributed by atoms with Crippen LogP contribution < -0.4 is 5.32 Å². The Balaban J connectivity index is 1.75. The van der Waals surface area contributed by atoms with Gasteiger partial charge in [0.15, 0.2) is 0 Å². The van der Waals surface area contributed by atoms with Gasteiger partial charge in [-0.1, -0.05) is 60.7 Å². The molecular formula is C19H21NO3S. The number of thiol groups is 1. The number of hydrogen-bond donors (Lipinski definition) is 2. The molecule has 126 valence electrons. The zero-order valence-electron chi connectivity index (χ0n) is 13.4. The van der Waals surface area contributed by atoms with E-state index in [0.717, 1.165) is 11.1 Å². The molecule has 1 amide bonds. The van der Waals surface area contributed by atoms with Crippen molar-refractivity contribution in [2.75, 3.05) is 12.3 Å². The fraction of sp³-hybridized carbons (Fsp3) is 0.263. The third-order valence-electron chi connectivity index (χ3n) is 3.57. The van der Waals surface area contributed by atoms with Crippen LogP contribution in [0.1, 0.15) is 11.1 Å². The molecule has 0 spiro atoms. The highest BCUT2D eigenvalue weighted by Crippen LogP contribution is 2.10. The maximum absolute atomic E-state index is 12.2. The molecule has 1 atom stereocenters. The molecule has 5 heteroatoms. The van der Waals surface area contributed by atoms with E-state index in [1.165, 1.54) is 0 Å². The Morgan fingerprint density at radius 3 is 2.12 bits per heavy atom. The van der Waals surface area contributed by atoms with E-state index in [9.17, 15) is 9.59 Å². The predicted molar refractivity (Wildman–Crippen MR) is 96.7 cm³/mol. The first-order chi connectivity index (χ1) is 11.7. The van der Waals surface area contributed by atoms with Gasteiger partial charge in [-0.25, -0.2) is 0 Å². The zero-order valence-corrected chi connectivity index (χ0v) is 14.2. The molecule has 24 heavy (non-hydrogen) atoms. The molecule has 1 unspecified atom stereocenters. The number of carbonyl (C=O) groups excluding carboxylic acids is 2. The summed E-state index contributed by atoms with van der Waals surface area (Å²) >= 11 is 4.24. The van der Waals surface area contributed by atoms with Gasteiger partial charge in [-0.15, -0.1) is 0 Å². The summed E-state index contributed by atoms with van der Waals surface area (Å²) in [5.41, 5.74) is 1.98. The van der Waals surface area contributed by atoms with E-state index >= 15 is 0 Å². The zero-order chi connectivity index (χ0) is 17.2. The predicted octanol–water partition coefficient (Wildman–Crippen LogP) is 2.63. The SMILES string of the molecule is O=C(CNC(=O)C(CS)Cc1ccccc1)OCc1ccccc1. The van der Waals surface area contributed by atoms with Crippen LogP contribution in [0, 0.1) is 5.92 Å². The van der Waals surface area contributed by atoms with E-state index in [1.807, 2.05) is 60.7 Å². The highest BCUT2D eigenvalue weighted by Gasteiger charge is 2.18. The van der Waals surface area contributed by atoms with Gasteiger partial charge in [-0.2, -0.15) is 12.6 Å². The molecule has 4 nitrogen and oxygen atoms in total.